The number of halogens is 4. The number of aromatic nitrogens is 3. The number of ether oxygens (including phenoxy) is 1. The minimum absolute atomic E-state index is 0.0174. The number of primary amides is 1. The van der Waals surface area contributed by atoms with E-state index in [0.717, 1.165) is 22.3 Å². The number of hydrogen-bond donors (Lipinski definition) is 2. The number of aryl methyl sites for hydroxylation is 1. The molecule has 0 aliphatic rings. The smallest absolute Gasteiger partial charge is 0.280 e. The fraction of sp³-hybridized carbons (Fsp3) is 0.120. The number of carbonyl (C=O) groups excluding carboxylic acids is 2. The Morgan fingerprint density at radius 3 is 2.64 bits per heavy atom. The average Bonchev–Trinajstić information content (AvgIpc) is 3.63. The zero-order chi connectivity index (χ0) is 27.8. The Bertz CT molecular complexity index is 1730. The fourth-order valence-electron chi connectivity index (χ4n) is 3.74. The highest BCUT2D eigenvalue weighted by Gasteiger charge is 2.26. The standard InChI is InChI=1S/C25H17ClF3N5O3S2/c1-11-2-5-18(38-11)13-9-17(22(28)29)31-25-19(13)20(21(39-25)23(30)35)32-24(36)16-6-7-34(33-16)10-37-12-3-4-15(27)14(26)8-12/h2-9,22H,10H2,1H3,(H2,30,35)(H,32,36). The molecule has 0 atom stereocenters. The summed E-state index contributed by atoms with van der Waals surface area (Å²) < 4.78 is 47.5. The van der Waals surface area contributed by atoms with Crippen LogP contribution in [0, 0.1) is 12.7 Å². The summed E-state index contributed by atoms with van der Waals surface area (Å²) in [5.74, 6) is -1.81. The van der Waals surface area contributed by atoms with Gasteiger partial charge in [0, 0.05) is 33.0 Å². The molecule has 0 unspecified atom stereocenters. The number of fused-ring (bicyclic) bond motifs is 1. The van der Waals surface area contributed by atoms with Crippen LogP contribution in [0.1, 0.15) is 37.2 Å². The van der Waals surface area contributed by atoms with E-state index in [2.05, 4.69) is 15.4 Å². The van der Waals surface area contributed by atoms with Crippen molar-refractivity contribution in [1.82, 2.24) is 14.8 Å². The first-order chi connectivity index (χ1) is 18.6. The largest absolute Gasteiger partial charge is 0.471 e. The average molecular weight is 592 g/mol. The molecule has 4 aromatic heterocycles. The summed E-state index contributed by atoms with van der Waals surface area (Å²) in [6.45, 7) is 1.77. The molecule has 0 spiro atoms. The van der Waals surface area contributed by atoms with Crippen molar-refractivity contribution in [3.8, 4) is 16.2 Å². The number of pyridine rings is 1. The first kappa shape index (κ1) is 26.7. The van der Waals surface area contributed by atoms with Crippen LogP contribution in [-0.2, 0) is 6.73 Å². The van der Waals surface area contributed by atoms with E-state index in [1.54, 1.807) is 6.07 Å². The van der Waals surface area contributed by atoms with E-state index in [1.807, 2.05) is 13.0 Å². The van der Waals surface area contributed by atoms with E-state index in [0.29, 0.717) is 21.6 Å². The minimum atomic E-state index is -2.84. The lowest BCUT2D eigenvalue weighted by Gasteiger charge is -2.09. The number of amides is 2. The molecule has 1 aromatic carbocycles. The molecule has 200 valence electrons. The van der Waals surface area contributed by atoms with Crippen molar-refractivity contribution in [2.75, 3.05) is 5.32 Å². The third-order valence-corrected chi connectivity index (χ3v) is 7.92. The first-order valence-electron chi connectivity index (χ1n) is 11.2. The maximum absolute atomic E-state index is 13.6. The van der Waals surface area contributed by atoms with Crippen molar-refractivity contribution < 1.29 is 27.5 Å². The van der Waals surface area contributed by atoms with Gasteiger partial charge in [-0.05, 0) is 43.3 Å². The van der Waals surface area contributed by atoms with Crippen LogP contribution in [-0.4, -0.2) is 26.6 Å². The predicted octanol–water partition coefficient (Wildman–Crippen LogP) is 6.65. The molecule has 3 N–H and O–H groups in total. The summed E-state index contributed by atoms with van der Waals surface area (Å²) in [6.07, 6.45) is -1.36. The molecular formula is C25H17ClF3N5O3S2. The zero-order valence-corrected chi connectivity index (χ0v) is 22.3. The van der Waals surface area contributed by atoms with Crippen molar-refractivity contribution in [2.24, 2.45) is 5.73 Å². The van der Waals surface area contributed by atoms with Crippen LogP contribution in [0.5, 0.6) is 5.75 Å². The highest BCUT2D eigenvalue weighted by molar-refractivity contribution is 7.21. The Morgan fingerprint density at radius 2 is 1.97 bits per heavy atom. The van der Waals surface area contributed by atoms with E-state index in [1.165, 1.54) is 46.5 Å². The van der Waals surface area contributed by atoms with E-state index in [-0.39, 0.29) is 32.8 Å². The van der Waals surface area contributed by atoms with E-state index >= 15 is 0 Å². The van der Waals surface area contributed by atoms with Crippen molar-refractivity contribution in [3.63, 3.8) is 0 Å². The molecule has 0 radical (unpaired) electrons. The lowest BCUT2D eigenvalue weighted by Crippen LogP contribution is -2.17. The SMILES string of the molecule is Cc1ccc(-c2cc(C(F)F)nc3sc(C(N)=O)c(NC(=O)c4ccn(COc5ccc(F)c(Cl)c5)n4)c23)s1. The van der Waals surface area contributed by atoms with Crippen molar-refractivity contribution in [3.05, 3.63) is 80.6 Å². The number of nitrogens with two attached hydrogens (primary N) is 1. The van der Waals surface area contributed by atoms with Crippen molar-refractivity contribution in [2.45, 2.75) is 20.1 Å². The van der Waals surface area contributed by atoms with E-state index in [4.69, 9.17) is 22.1 Å². The molecule has 5 rings (SSSR count). The monoisotopic (exact) mass is 591 g/mol. The molecule has 0 aliphatic carbocycles. The number of benzene rings is 1. The van der Waals surface area contributed by atoms with Crippen LogP contribution in [0.15, 0.2) is 48.7 Å². The minimum Gasteiger partial charge on any atom is -0.471 e. The summed E-state index contributed by atoms with van der Waals surface area (Å²) in [4.78, 5) is 31.2. The molecule has 8 nitrogen and oxygen atoms in total. The number of hydrogen-bond acceptors (Lipinski definition) is 7. The van der Waals surface area contributed by atoms with Crippen LogP contribution < -0.4 is 15.8 Å². The maximum atomic E-state index is 13.6. The van der Waals surface area contributed by atoms with Gasteiger partial charge in [0.1, 0.15) is 27.0 Å². The molecule has 14 heteroatoms. The Kier molecular flexibility index (Phi) is 7.30. The first-order valence-corrected chi connectivity index (χ1v) is 13.2. The molecule has 0 aliphatic heterocycles. The highest BCUT2D eigenvalue weighted by atomic mass is 35.5. The van der Waals surface area contributed by atoms with Crippen LogP contribution in [0.25, 0.3) is 20.7 Å². The van der Waals surface area contributed by atoms with Gasteiger partial charge in [0.05, 0.1) is 10.7 Å². The second kappa shape index (κ2) is 10.7. The van der Waals surface area contributed by atoms with Gasteiger partial charge in [0.2, 0.25) is 0 Å². The summed E-state index contributed by atoms with van der Waals surface area (Å²) in [6, 6.07) is 10.1. The topological polar surface area (TPSA) is 112 Å². The zero-order valence-electron chi connectivity index (χ0n) is 19.9. The molecule has 0 saturated carbocycles. The van der Waals surface area contributed by atoms with Crippen LogP contribution in [0.2, 0.25) is 5.02 Å². The van der Waals surface area contributed by atoms with Crippen LogP contribution in [0.4, 0.5) is 18.9 Å². The summed E-state index contributed by atoms with van der Waals surface area (Å²) in [5.41, 5.74) is 5.56. The second-order valence-corrected chi connectivity index (χ2v) is 10.9. The van der Waals surface area contributed by atoms with Gasteiger partial charge in [-0.2, -0.15) is 5.10 Å². The quantitative estimate of drug-likeness (QED) is 0.210. The number of alkyl halides is 2. The normalized spacial score (nSPS) is 11.3. The van der Waals surface area contributed by atoms with Crippen LogP contribution >= 0.6 is 34.3 Å². The van der Waals surface area contributed by atoms with Crippen molar-refractivity contribution in [1.29, 1.82) is 0 Å². The summed E-state index contributed by atoms with van der Waals surface area (Å²) >= 11 is 7.95. The number of carbonyl (C=O) groups is 2. The fourth-order valence-corrected chi connectivity index (χ4v) is 5.81. The highest BCUT2D eigenvalue weighted by Crippen LogP contribution is 2.44. The van der Waals surface area contributed by atoms with Crippen LogP contribution in [0.3, 0.4) is 0 Å². The van der Waals surface area contributed by atoms with E-state index < -0.39 is 29.8 Å². The van der Waals surface area contributed by atoms with Gasteiger partial charge in [-0.1, -0.05) is 11.6 Å². The van der Waals surface area contributed by atoms with Crippen molar-refractivity contribution >= 4 is 62.0 Å². The molecule has 39 heavy (non-hydrogen) atoms. The molecule has 2 amide bonds. The summed E-state index contributed by atoms with van der Waals surface area (Å²) in [5, 5.41) is 7.06. The second-order valence-electron chi connectivity index (χ2n) is 8.20. The van der Waals surface area contributed by atoms with Gasteiger partial charge in [-0.15, -0.1) is 22.7 Å². The Morgan fingerprint density at radius 1 is 1.18 bits per heavy atom. The number of thiophene rings is 2. The lowest BCUT2D eigenvalue weighted by molar-refractivity contribution is 0.100. The maximum Gasteiger partial charge on any atom is 0.280 e. The molecular weight excluding hydrogens is 575 g/mol. The van der Waals surface area contributed by atoms with Gasteiger partial charge in [-0.25, -0.2) is 22.8 Å². The number of anilines is 1. The molecule has 4 heterocycles. The Balaban J connectivity index is 1.47. The number of nitrogens with one attached hydrogen (secondary N) is 1. The number of nitrogens with zero attached hydrogens (tertiary/aromatic N) is 3. The third-order valence-electron chi connectivity index (χ3n) is 5.50. The lowest BCUT2D eigenvalue weighted by atomic mass is 10.1. The molecule has 0 fully saturated rings. The van der Waals surface area contributed by atoms with Gasteiger partial charge >= 0.3 is 0 Å². The molecule has 0 saturated heterocycles. The van der Waals surface area contributed by atoms with Gasteiger partial charge < -0.3 is 15.8 Å². The summed E-state index contributed by atoms with van der Waals surface area (Å²) in [7, 11) is 0. The van der Waals surface area contributed by atoms with Gasteiger partial charge in [-0.3, -0.25) is 9.59 Å². The Hall–Kier alpha value is -3.94. The number of rotatable bonds is 8. The van der Waals surface area contributed by atoms with Gasteiger partial charge in [0.25, 0.3) is 18.2 Å². The Labute approximate surface area is 231 Å². The van der Waals surface area contributed by atoms with Gasteiger partial charge in [0.15, 0.2) is 12.4 Å². The molecule has 0 bridgehead atoms. The third kappa shape index (κ3) is 5.46. The molecule has 5 aromatic rings. The van der Waals surface area contributed by atoms with E-state index in [9.17, 15) is 22.8 Å². The predicted molar refractivity (Wildman–Crippen MR) is 143 cm³/mol.